The van der Waals surface area contributed by atoms with Crippen molar-refractivity contribution in [3.05, 3.63) is 24.3 Å². The quantitative estimate of drug-likeness (QED) is 0.636. The molecule has 0 heterocycles. The molecule has 4 aliphatic carbocycles. The molecular weight excluding hydrogens is 176 g/mol. The van der Waals surface area contributed by atoms with E-state index in [1.165, 1.54) is 0 Å². The first-order chi connectivity index (χ1) is 6.86. The zero-order valence-electron chi connectivity index (χ0n) is 8.08. The molecule has 4 aliphatic rings. The van der Waals surface area contributed by atoms with Gasteiger partial charge in [-0.2, -0.15) is 0 Å². The third kappa shape index (κ3) is 0.882. The Morgan fingerprint density at radius 3 is 1.29 bits per heavy atom. The van der Waals surface area contributed by atoms with Gasteiger partial charge >= 0.3 is 0 Å². The molecule has 76 valence electrons. The molecule has 0 amide bonds. The van der Waals surface area contributed by atoms with Gasteiger partial charge in [0.15, 0.2) is 0 Å². The van der Waals surface area contributed by atoms with Crippen molar-refractivity contribution >= 4 is 0 Å². The third-order valence-electron chi connectivity index (χ3n) is 4.40. The Kier molecular flexibility index (Phi) is 1.83. The highest BCUT2D eigenvalue weighted by Crippen LogP contribution is 2.55. The van der Waals surface area contributed by atoms with Crippen molar-refractivity contribution in [2.24, 2.45) is 35.5 Å². The topological polar surface area (TPSA) is 40.5 Å². The maximum absolute atomic E-state index is 9.37. The summed E-state index contributed by atoms with van der Waals surface area (Å²) >= 11 is 0. The highest BCUT2D eigenvalue weighted by atomic mass is 16.3. The Labute approximate surface area is 83.9 Å². The number of allylic oxidation sites excluding steroid dienone is 4. The SMILES string of the molecule is OC[C@@H]1[C@H]2C=C[C@@H]([C@H]3C=C[C@H]32)[C@H]1CO. The maximum Gasteiger partial charge on any atom is 0.0468 e. The Morgan fingerprint density at radius 2 is 1.00 bits per heavy atom. The van der Waals surface area contributed by atoms with Crippen LogP contribution in [0.25, 0.3) is 0 Å². The fraction of sp³-hybridized carbons (Fsp3) is 0.667. The molecule has 1 saturated carbocycles. The summed E-state index contributed by atoms with van der Waals surface area (Å²) < 4.78 is 0. The largest absolute Gasteiger partial charge is 0.396 e. The summed E-state index contributed by atoms with van der Waals surface area (Å²) in [5.41, 5.74) is 0. The van der Waals surface area contributed by atoms with Gasteiger partial charge in [-0.1, -0.05) is 24.3 Å². The van der Waals surface area contributed by atoms with E-state index in [2.05, 4.69) is 24.3 Å². The Hall–Kier alpha value is -0.600. The zero-order chi connectivity index (χ0) is 9.71. The maximum atomic E-state index is 9.37. The summed E-state index contributed by atoms with van der Waals surface area (Å²) in [5, 5.41) is 18.7. The average molecular weight is 192 g/mol. The van der Waals surface area contributed by atoms with Crippen molar-refractivity contribution in [1.82, 2.24) is 0 Å². The summed E-state index contributed by atoms with van der Waals surface area (Å²) in [5.74, 6) is 2.78. The standard InChI is InChI=1S/C12H16O2/c13-5-11-9-3-4-10(12(11)6-14)8-2-1-7(8)9/h1-4,7-14H,5-6H2/t7-,8+,9-,10-,11+,12+/m0/s1. The van der Waals surface area contributed by atoms with Crippen molar-refractivity contribution in [2.75, 3.05) is 13.2 Å². The number of fused-ring (bicyclic) bond motifs is 1. The predicted molar refractivity (Wildman–Crippen MR) is 53.4 cm³/mol. The number of aliphatic hydroxyl groups excluding tert-OH is 2. The molecule has 6 atom stereocenters. The van der Waals surface area contributed by atoms with Gasteiger partial charge in [-0.05, 0) is 35.5 Å². The van der Waals surface area contributed by atoms with Crippen LogP contribution >= 0.6 is 0 Å². The molecule has 1 fully saturated rings. The van der Waals surface area contributed by atoms with Crippen LogP contribution < -0.4 is 0 Å². The summed E-state index contributed by atoms with van der Waals surface area (Å²) in [4.78, 5) is 0. The lowest BCUT2D eigenvalue weighted by Gasteiger charge is -2.55. The van der Waals surface area contributed by atoms with Crippen molar-refractivity contribution < 1.29 is 10.2 Å². The van der Waals surface area contributed by atoms with Crippen molar-refractivity contribution in [3.8, 4) is 0 Å². The molecule has 2 bridgehead atoms. The van der Waals surface area contributed by atoms with Gasteiger partial charge in [0, 0.05) is 13.2 Å². The van der Waals surface area contributed by atoms with E-state index in [-0.39, 0.29) is 25.0 Å². The molecule has 0 saturated heterocycles. The Morgan fingerprint density at radius 1 is 0.643 bits per heavy atom. The molecule has 0 aromatic carbocycles. The molecule has 0 aliphatic heterocycles. The highest BCUT2D eigenvalue weighted by molar-refractivity contribution is 5.27. The molecule has 0 unspecified atom stereocenters. The van der Waals surface area contributed by atoms with Crippen molar-refractivity contribution in [2.45, 2.75) is 0 Å². The normalized spacial score (nSPS) is 53.0. The number of hydrogen-bond donors (Lipinski definition) is 2. The van der Waals surface area contributed by atoms with Gasteiger partial charge in [-0.15, -0.1) is 0 Å². The van der Waals surface area contributed by atoms with Crippen LogP contribution in [-0.4, -0.2) is 23.4 Å². The second-order valence-corrected chi connectivity index (χ2v) is 4.77. The van der Waals surface area contributed by atoms with Gasteiger partial charge in [0.1, 0.15) is 0 Å². The molecule has 0 radical (unpaired) electrons. The van der Waals surface area contributed by atoms with E-state index in [1.807, 2.05) is 0 Å². The second-order valence-electron chi connectivity index (χ2n) is 4.77. The van der Waals surface area contributed by atoms with Crippen LogP contribution in [0.2, 0.25) is 0 Å². The highest BCUT2D eigenvalue weighted by Gasteiger charge is 2.51. The first-order valence-electron chi connectivity index (χ1n) is 5.45. The van der Waals surface area contributed by atoms with E-state index in [0.29, 0.717) is 23.7 Å². The van der Waals surface area contributed by atoms with E-state index in [0.717, 1.165) is 0 Å². The lowest BCUT2D eigenvalue weighted by Crippen LogP contribution is -2.52. The molecule has 0 spiro atoms. The lowest BCUT2D eigenvalue weighted by molar-refractivity contribution is -0.0239. The lowest BCUT2D eigenvalue weighted by atomic mass is 9.50. The summed E-state index contributed by atoms with van der Waals surface area (Å²) in [6.07, 6.45) is 9.04. The van der Waals surface area contributed by atoms with Crippen LogP contribution in [0.3, 0.4) is 0 Å². The van der Waals surface area contributed by atoms with E-state index < -0.39 is 0 Å². The Bertz CT molecular complexity index is 267. The molecular formula is C12H16O2. The molecule has 4 rings (SSSR count). The molecule has 2 N–H and O–H groups in total. The van der Waals surface area contributed by atoms with Crippen LogP contribution in [0.1, 0.15) is 0 Å². The van der Waals surface area contributed by atoms with Gasteiger partial charge in [-0.25, -0.2) is 0 Å². The van der Waals surface area contributed by atoms with E-state index in [9.17, 15) is 10.2 Å². The first-order valence-corrected chi connectivity index (χ1v) is 5.45. The molecule has 0 aromatic heterocycles. The summed E-state index contributed by atoms with van der Waals surface area (Å²) in [6.45, 7) is 0.432. The zero-order valence-corrected chi connectivity index (χ0v) is 8.08. The molecule has 2 heteroatoms. The van der Waals surface area contributed by atoms with Crippen LogP contribution in [0.15, 0.2) is 24.3 Å². The van der Waals surface area contributed by atoms with E-state index >= 15 is 0 Å². The molecule has 14 heavy (non-hydrogen) atoms. The second kappa shape index (κ2) is 2.94. The van der Waals surface area contributed by atoms with Crippen LogP contribution in [0, 0.1) is 35.5 Å². The van der Waals surface area contributed by atoms with Crippen molar-refractivity contribution in [3.63, 3.8) is 0 Å². The minimum Gasteiger partial charge on any atom is -0.396 e. The minimum atomic E-state index is 0.216. The predicted octanol–water partition coefficient (Wildman–Crippen LogP) is 0.821. The Balaban J connectivity index is 1.96. The van der Waals surface area contributed by atoms with Gasteiger partial charge < -0.3 is 10.2 Å². The fourth-order valence-corrected chi connectivity index (χ4v) is 3.59. The van der Waals surface area contributed by atoms with Gasteiger partial charge in [0.25, 0.3) is 0 Å². The van der Waals surface area contributed by atoms with Crippen LogP contribution in [-0.2, 0) is 0 Å². The fourth-order valence-electron chi connectivity index (χ4n) is 3.59. The van der Waals surface area contributed by atoms with Crippen molar-refractivity contribution in [1.29, 1.82) is 0 Å². The monoisotopic (exact) mass is 192 g/mol. The smallest absolute Gasteiger partial charge is 0.0468 e. The number of hydrogen-bond acceptors (Lipinski definition) is 2. The summed E-state index contributed by atoms with van der Waals surface area (Å²) in [6, 6.07) is 0. The third-order valence-corrected chi connectivity index (χ3v) is 4.40. The number of aliphatic hydroxyl groups is 2. The van der Waals surface area contributed by atoms with Gasteiger partial charge in [-0.3, -0.25) is 0 Å². The molecule has 2 nitrogen and oxygen atoms in total. The first kappa shape index (κ1) is 8.69. The molecule has 0 aromatic rings. The van der Waals surface area contributed by atoms with E-state index in [1.54, 1.807) is 0 Å². The van der Waals surface area contributed by atoms with Crippen LogP contribution in [0.5, 0.6) is 0 Å². The number of rotatable bonds is 2. The van der Waals surface area contributed by atoms with E-state index in [4.69, 9.17) is 0 Å². The summed E-state index contributed by atoms with van der Waals surface area (Å²) in [7, 11) is 0. The van der Waals surface area contributed by atoms with Gasteiger partial charge in [0.2, 0.25) is 0 Å². The van der Waals surface area contributed by atoms with Gasteiger partial charge in [0.05, 0.1) is 0 Å². The van der Waals surface area contributed by atoms with Crippen LogP contribution in [0.4, 0.5) is 0 Å². The average Bonchev–Trinajstić information content (AvgIpc) is 2.16. The minimum absolute atomic E-state index is 0.216.